The van der Waals surface area contributed by atoms with Gasteiger partial charge in [0.05, 0.1) is 0 Å². The number of nitrogens with one attached hydrogen (secondary N) is 2. The highest BCUT2D eigenvalue weighted by Gasteiger charge is 1.89. The third-order valence-corrected chi connectivity index (χ3v) is 1.89. The van der Waals surface area contributed by atoms with Gasteiger partial charge in [0.25, 0.3) is 0 Å². The maximum atomic E-state index is 3.20. The lowest BCUT2D eigenvalue weighted by Crippen LogP contribution is -2.33. The Morgan fingerprint density at radius 2 is 1.36 bits per heavy atom. The Labute approximate surface area is 69.0 Å². The number of allylic oxidation sites excluding steroid dienone is 2. The van der Waals surface area contributed by atoms with Crippen molar-refractivity contribution in [1.29, 1.82) is 0 Å². The molecule has 0 spiro atoms. The van der Waals surface area contributed by atoms with Crippen molar-refractivity contribution in [3.8, 4) is 0 Å². The van der Waals surface area contributed by atoms with Crippen LogP contribution in [0.3, 0.4) is 0 Å². The SMILES string of the molecule is C1=C\CCCNNCCCC/1. The minimum Gasteiger partial charge on any atom is -0.258 e. The van der Waals surface area contributed by atoms with E-state index in [0.717, 1.165) is 13.1 Å². The summed E-state index contributed by atoms with van der Waals surface area (Å²) in [4.78, 5) is 0. The van der Waals surface area contributed by atoms with E-state index in [-0.39, 0.29) is 0 Å². The molecule has 0 bridgehead atoms. The molecule has 1 aliphatic heterocycles. The molecule has 0 aromatic rings. The average molecular weight is 154 g/mol. The van der Waals surface area contributed by atoms with E-state index < -0.39 is 0 Å². The second kappa shape index (κ2) is 6.38. The lowest BCUT2D eigenvalue weighted by atomic mass is 10.2. The van der Waals surface area contributed by atoms with Crippen LogP contribution in [0.25, 0.3) is 0 Å². The van der Waals surface area contributed by atoms with Crippen LogP contribution < -0.4 is 10.9 Å². The molecular formula is C9H18N2. The Bertz CT molecular complexity index is 98.1. The molecule has 0 aromatic heterocycles. The van der Waals surface area contributed by atoms with Crippen LogP contribution in [0.15, 0.2) is 12.2 Å². The zero-order valence-corrected chi connectivity index (χ0v) is 7.10. The lowest BCUT2D eigenvalue weighted by Gasteiger charge is -2.03. The smallest absolute Gasteiger partial charge is 0.0103 e. The zero-order chi connectivity index (χ0) is 7.78. The molecule has 2 N–H and O–H groups in total. The van der Waals surface area contributed by atoms with Gasteiger partial charge in [-0.05, 0) is 32.1 Å². The summed E-state index contributed by atoms with van der Waals surface area (Å²) in [5, 5.41) is 0. The zero-order valence-electron chi connectivity index (χ0n) is 7.10. The molecule has 0 saturated carbocycles. The highest BCUT2D eigenvalue weighted by molar-refractivity contribution is 4.81. The molecule has 0 radical (unpaired) electrons. The highest BCUT2D eigenvalue weighted by atomic mass is 15.3. The van der Waals surface area contributed by atoms with Gasteiger partial charge in [-0.2, -0.15) is 0 Å². The molecule has 64 valence electrons. The maximum Gasteiger partial charge on any atom is 0.0103 e. The van der Waals surface area contributed by atoms with Crippen LogP contribution in [0.1, 0.15) is 32.1 Å². The van der Waals surface area contributed by atoms with E-state index in [1.807, 2.05) is 0 Å². The van der Waals surface area contributed by atoms with Crippen molar-refractivity contribution in [2.24, 2.45) is 0 Å². The second-order valence-electron chi connectivity index (χ2n) is 2.96. The van der Waals surface area contributed by atoms with Crippen molar-refractivity contribution >= 4 is 0 Å². The molecule has 1 heterocycles. The minimum absolute atomic E-state index is 1.09. The molecule has 0 atom stereocenters. The summed E-state index contributed by atoms with van der Waals surface area (Å²) in [5.41, 5.74) is 6.40. The third-order valence-electron chi connectivity index (χ3n) is 1.89. The van der Waals surface area contributed by atoms with Crippen LogP contribution in [-0.2, 0) is 0 Å². The van der Waals surface area contributed by atoms with Crippen molar-refractivity contribution in [3.05, 3.63) is 12.2 Å². The van der Waals surface area contributed by atoms with Crippen molar-refractivity contribution in [1.82, 2.24) is 10.9 Å². The standard InChI is InChI=1S/C9H18N2/c1-2-4-6-8-10-11-9-7-5-3-1/h1-2,10-11H,3-9H2/b2-1-. The molecule has 1 rings (SSSR count). The van der Waals surface area contributed by atoms with E-state index in [4.69, 9.17) is 0 Å². The lowest BCUT2D eigenvalue weighted by molar-refractivity contribution is 0.509. The van der Waals surface area contributed by atoms with E-state index in [1.54, 1.807) is 0 Å². The van der Waals surface area contributed by atoms with E-state index in [0.29, 0.717) is 0 Å². The van der Waals surface area contributed by atoms with Gasteiger partial charge < -0.3 is 0 Å². The summed E-state index contributed by atoms with van der Waals surface area (Å²) in [6, 6.07) is 0. The Balaban J connectivity index is 2.11. The first-order valence-corrected chi connectivity index (χ1v) is 4.61. The topological polar surface area (TPSA) is 24.1 Å². The van der Waals surface area contributed by atoms with Gasteiger partial charge in [-0.3, -0.25) is 10.9 Å². The molecule has 2 nitrogen and oxygen atoms in total. The van der Waals surface area contributed by atoms with Gasteiger partial charge in [0, 0.05) is 13.1 Å². The monoisotopic (exact) mass is 154 g/mol. The van der Waals surface area contributed by atoms with Crippen LogP contribution in [-0.4, -0.2) is 13.1 Å². The first kappa shape index (κ1) is 8.75. The van der Waals surface area contributed by atoms with Crippen molar-refractivity contribution in [3.63, 3.8) is 0 Å². The Morgan fingerprint density at radius 1 is 0.727 bits per heavy atom. The molecule has 2 heteroatoms. The fraction of sp³-hybridized carbons (Fsp3) is 0.778. The number of hydrazine groups is 1. The maximum absolute atomic E-state index is 3.20. The number of rotatable bonds is 0. The number of hydrogen-bond donors (Lipinski definition) is 2. The summed E-state index contributed by atoms with van der Waals surface area (Å²) in [6.07, 6.45) is 10.9. The molecule has 0 amide bonds. The van der Waals surface area contributed by atoms with E-state index in [2.05, 4.69) is 23.0 Å². The molecule has 0 unspecified atom stereocenters. The van der Waals surface area contributed by atoms with Crippen molar-refractivity contribution in [2.75, 3.05) is 13.1 Å². The van der Waals surface area contributed by atoms with Gasteiger partial charge in [0.15, 0.2) is 0 Å². The molecule has 0 aromatic carbocycles. The highest BCUT2D eigenvalue weighted by Crippen LogP contribution is 1.98. The van der Waals surface area contributed by atoms with Crippen LogP contribution in [0, 0.1) is 0 Å². The van der Waals surface area contributed by atoms with Crippen LogP contribution >= 0.6 is 0 Å². The third kappa shape index (κ3) is 4.99. The largest absolute Gasteiger partial charge is 0.258 e. The molecule has 0 fully saturated rings. The summed E-state index contributed by atoms with van der Waals surface area (Å²) in [7, 11) is 0. The first-order valence-electron chi connectivity index (χ1n) is 4.61. The van der Waals surface area contributed by atoms with E-state index in [9.17, 15) is 0 Å². The van der Waals surface area contributed by atoms with Crippen LogP contribution in [0.4, 0.5) is 0 Å². The van der Waals surface area contributed by atoms with Crippen molar-refractivity contribution in [2.45, 2.75) is 32.1 Å². The predicted molar refractivity (Wildman–Crippen MR) is 48.2 cm³/mol. The number of hydrogen-bond acceptors (Lipinski definition) is 2. The molecule has 0 aliphatic carbocycles. The quantitative estimate of drug-likeness (QED) is 0.518. The summed E-state index contributed by atoms with van der Waals surface area (Å²) in [6.45, 7) is 2.19. The molecule has 0 saturated heterocycles. The first-order chi connectivity index (χ1) is 5.50. The Kier molecular flexibility index (Phi) is 5.07. The van der Waals surface area contributed by atoms with Gasteiger partial charge in [0.1, 0.15) is 0 Å². The Hall–Kier alpha value is -0.340. The summed E-state index contributed by atoms with van der Waals surface area (Å²) in [5.74, 6) is 0. The van der Waals surface area contributed by atoms with E-state index in [1.165, 1.54) is 32.1 Å². The predicted octanol–water partition coefficient (Wildman–Crippen LogP) is 1.60. The minimum atomic E-state index is 1.09. The summed E-state index contributed by atoms with van der Waals surface area (Å²) >= 11 is 0. The van der Waals surface area contributed by atoms with Gasteiger partial charge in [-0.25, -0.2) is 0 Å². The normalized spacial score (nSPS) is 25.5. The molecule has 1 aliphatic rings. The molecule has 11 heavy (non-hydrogen) atoms. The average Bonchev–Trinajstić information content (AvgIpc) is 2.08. The van der Waals surface area contributed by atoms with Crippen LogP contribution in [0.5, 0.6) is 0 Å². The van der Waals surface area contributed by atoms with Gasteiger partial charge >= 0.3 is 0 Å². The molecular weight excluding hydrogens is 136 g/mol. The Morgan fingerprint density at radius 3 is 2.18 bits per heavy atom. The fourth-order valence-electron chi connectivity index (χ4n) is 1.20. The van der Waals surface area contributed by atoms with Gasteiger partial charge in [-0.15, -0.1) is 0 Å². The van der Waals surface area contributed by atoms with Gasteiger partial charge in [-0.1, -0.05) is 12.2 Å². The van der Waals surface area contributed by atoms with Crippen molar-refractivity contribution < 1.29 is 0 Å². The summed E-state index contributed by atoms with van der Waals surface area (Å²) < 4.78 is 0. The van der Waals surface area contributed by atoms with Gasteiger partial charge in [0.2, 0.25) is 0 Å². The second-order valence-corrected chi connectivity index (χ2v) is 2.96. The van der Waals surface area contributed by atoms with Crippen LogP contribution in [0.2, 0.25) is 0 Å². The van der Waals surface area contributed by atoms with E-state index >= 15 is 0 Å². The fourth-order valence-corrected chi connectivity index (χ4v) is 1.20.